The fraction of sp³-hybridized carbons (Fsp3) is 0.214. The molecule has 0 aliphatic heterocycles. The molecule has 4 heteroatoms. The molecule has 0 spiro atoms. The summed E-state index contributed by atoms with van der Waals surface area (Å²) >= 11 is 0. The molecule has 0 fully saturated rings. The summed E-state index contributed by atoms with van der Waals surface area (Å²) < 4.78 is 5.25. The molecule has 2 rings (SSSR count). The van der Waals surface area contributed by atoms with Gasteiger partial charge in [-0.25, -0.2) is 4.98 Å². The Morgan fingerprint density at radius 1 is 1.33 bits per heavy atom. The van der Waals surface area contributed by atoms with Crippen LogP contribution in [0.1, 0.15) is 21.6 Å². The van der Waals surface area contributed by atoms with Gasteiger partial charge in [0.25, 0.3) is 0 Å². The van der Waals surface area contributed by atoms with Crippen LogP contribution in [0.25, 0.3) is 0 Å². The number of hydrogen-bond donors (Lipinski definition) is 0. The molecule has 0 N–H and O–H groups in total. The molecule has 0 saturated carbocycles. The van der Waals surface area contributed by atoms with Crippen LogP contribution in [0.5, 0.6) is 5.75 Å². The zero-order valence-electron chi connectivity index (χ0n) is 10.4. The molecule has 4 nitrogen and oxygen atoms in total. The van der Waals surface area contributed by atoms with E-state index in [9.17, 15) is 4.79 Å². The van der Waals surface area contributed by atoms with Gasteiger partial charge < -0.3 is 4.74 Å². The number of ketones is 1. The van der Waals surface area contributed by atoms with Crippen molar-refractivity contribution in [1.82, 2.24) is 9.97 Å². The van der Waals surface area contributed by atoms with E-state index in [1.165, 1.54) is 12.4 Å². The maximum Gasteiger partial charge on any atom is 0.187 e. The average molecular weight is 242 g/mol. The molecule has 1 aromatic carbocycles. The Morgan fingerprint density at radius 3 is 2.83 bits per heavy atom. The van der Waals surface area contributed by atoms with E-state index in [0.717, 1.165) is 16.9 Å². The first-order valence-electron chi connectivity index (χ1n) is 5.63. The van der Waals surface area contributed by atoms with Gasteiger partial charge in [-0.1, -0.05) is 17.7 Å². The van der Waals surface area contributed by atoms with Gasteiger partial charge in [0.2, 0.25) is 0 Å². The van der Waals surface area contributed by atoms with Gasteiger partial charge in [-0.3, -0.25) is 9.78 Å². The van der Waals surface area contributed by atoms with Gasteiger partial charge in [-0.05, 0) is 13.0 Å². The lowest BCUT2D eigenvalue weighted by atomic mass is 10.0. The highest BCUT2D eigenvalue weighted by Gasteiger charge is 2.12. The van der Waals surface area contributed by atoms with Gasteiger partial charge in [0.1, 0.15) is 11.4 Å². The van der Waals surface area contributed by atoms with E-state index in [1.54, 1.807) is 13.3 Å². The first-order chi connectivity index (χ1) is 8.70. The Hall–Kier alpha value is -2.23. The van der Waals surface area contributed by atoms with Gasteiger partial charge in [0.05, 0.1) is 13.3 Å². The van der Waals surface area contributed by atoms with Crippen molar-refractivity contribution in [3.8, 4) is 5.75 Å². The van der Waals surface area contributed by atoms with E-state index >= 15 is 0 Å². The third-order valence-electron chi connectivity index (χ3n) is 2.64. The van der Waals surface area contributed by atoms with Crippen molar-refractivity contribution in [2.45, 2.75) is 13.3 Å². The minimum absolute atomic E-state index is 0.0630. The molecular formula is C14H14N2O2. The van der Waals surface area contributed by atoms with Crippen molar-refractivity contribution in [3.63, 3.8) is 0 Å². The fourth-order valence-corrected chi connectivity index (χ4v) is 1.75. The molecule has 0 bridgehead atoms. The summed E-state index contributed by atoms with van der Waals surface area (Å²) in [6, 6.07) is 5.77. The predicted molar refractivity (Wildman–Crippen MR) is 67.8 cm³/mol. The lowest BCUT2D eigenvalue weighted by Gasteiger charge is -2.08. The topological polar surface area (TPSA) is 52.1 Å². The van der Waals surface area contributed by atoms with Crippen LogP contribution in [0.4, 0.5) is 0 Å². The quantitative estimate of drug-likeness (QED) is 0.771. The van der Waals surface area contributed by atoms with Crippen molar-refractivity contribution < 1.29 is 9.53 Å². The second-order valence-electron chi connectivity index (χ2n) is 4.01. The largest absolute Gasteiger partial charge is 0.496 e. The zero-order chi connectivity index (χ0) is 13.0. The number of carbonyl (C=O) groups excluding carboxylic acids is 1. The van der Waals surface area contributed by atoms with Gasteiger partial charge in [-0.2, -0.15) is 0 Å². The molecular weight excluding hydrogens is 228 g/mol. The van der Waals surface area contributed by atoms with Crippen LogP contribution < -0.4 is 4.74 Å². The molecule has 92 valence electrons. The molecule has 0 amide bonds. The third kappa shape index (κ3) is 2.71. The zero-order valence-corrected chi connectivity index (χ0v) is 10.4. The van der Waals surface area contributed by atoms with Crippen molar-refractivity contribution in [3.05, 3.63) is 53.6 Å². The number of rotatable bonds is 4. The number of aryl methyl sites for hydroxylation is 1. The van der Waals surface area contributed by atoms with Gasteiger partial charge >= 0.3 is 0 Å². The van der Waals surface area contributed by atoms with E-state index in [4.69, 9.17) is 4.74 Å². The average Bonchev–Trinajstić information content (AvgIpc) is 2.40. The Morgan fingerprint density at radius 2 is 2.17 bits per heavy atom. The SMILES string of the molecule is COc1ccc(C)cc1CC(=O)c1cnccn1. The Balaban J connectivity index is 2.24. The number of carbonyl (C=O) groups is 1. The van der Waals surface area contributed by atoms with Crippen LogP contribution in [0.2, 0.25) is 0 Å². The van der Waals surface area contributed by atoms with Gasteiger partial charge in [0.15, 0.2) is 5.78 Å². The smallest absolute Gasteiger partial charge is 0.187 e. The van der Waals surface area contributed by atoms with E-state index in [0.29, 0.717) is 5.69 Å². The van der Waals surface area contributed by atoms with E-state index in [2.05, 4.69) is 9.97 Å². The molecule has 2 aromatic rings. The lowest BCUT2D eigenvalue weighted by Crippen LogP contribution is -2.07. The maximum atomic E-state index is 12.0. The van der Waals surface area contributed by atoms with Crippen LogP contribution >= 0.6 is 0 Å². The van der Waals surface area contributed by atoms with Gasteiger partial charge in [0, 0.05) is 24.4 Å². The second kappa shape index (κ2) is 5.40. The summed E-state index contributed by atoms with van der Waals surface area (Å²) in [5.41, 5.74) is 2.34. The second-order valence-corrected chi connectivity index (χ2v) is 4.01. The summed E-state index contributed by atoms with van der Waals surface area (Å²) in [7, 11) is 1.60. The summed E-state index contributed by atoms with van der Waals surface area (Å²) in [6.07, 6.45) is 4.80. The number of methoxy groups -OCH3 is 1. The molecule has 0 saturated heterocycles. The molecule has 18 heavy (non-hydrogen) atoms. The highest BCUT2D eigenvalue weighted by atomic mass is 16.5. The lowest BCUT2D eigenvalue weighted by molar-refractivity contribution is 0.0987. The van der Waals surface area contributed by atoms with Crippen LogP contribution in [0.3, 0.4) is 0 Å². The predicted octanol–water partition coefficient (Wildman–Crippen LogP) is 2.22. The monoisotopic (exact) mass is 242 g/mol. The molecule has 1 aromatic heterocycles. The van der Waals surface area contributed by atoms with E-state index in [-0.39, 0.29) is 12.2 Å². The molecule has 0 aliphatic rings. The summed E-state index contributed by atoms with van der Waals surface area (Å²) in [5, 5.41) is 0. The fourth-order valence-electron chi connectivity index (χ4n) is 1.75. The number of Topliss-reactive ketones (excluding diaryl/α,β-unsaturated/α-hetero) is 1. The van der Waals surface area contributed by atoms with Crippen LogP contribution in [0, 0.1) is 6.92 Å². The normalized spacial score (nSPS) is 10.1. The standard InChI is InChI=1S/C14H14N2O2/c1-10-3-4-14(18-2)11(7-10)8-13(17)12-9-15-5-6-16-12/h3-7,9H,8H2,1-2H3. The van der Waals surface area contributed by atoms with E-state index in [1.807, 2.05) is 25.1 Å². The summed E-state index contributed by atoms with van der Waals surface area (Å²) in [6.45, 7) is 1.98. The minimum atomic E-state index is -0.0630. The summed E-state index contributed by atoms with van der Waals surface area (Å²) in [5.74, 6) is 0.657. The molecule has 0 radical (unpaired) electrons. The number of hydrogen-bond acceptors (Lipinski definition) is 4. The Bertz CT molecular complexity index is 553. The van der Waals surface area contributed by atoms with Crippen LogP contribution in [-0.2, 0) is 6.42 Å². The van der Waals surface area contributed by atoms with E-state index < -0.39 is 0 Å². The van der Waals surface area contributed by atoms with Crippen molar-refractivity contribution >= 4 is 5.78 Å². The molecule has 0 atom stereocenters. The van der Waals surface area contributed by atoms with Crippen molar-refractivity contribution in [2.75, 3.05) is 7.11 Å². The maximum absolute atomic E-state index is 12.0. The number of ether oxygens (including phenoxy) is 1. The number of aromatic nitrogens is 2. The minimum Gasteiger partial charge on any atom is -0.496 e. The Labute approximate surface area is 106 Å². The first kappa shape index (κ1) is 12.2. The number of benzene rings is 1. The van der Waals surface area contributed by atoms with Crippen molar-refractivity contribution in [1.29, 1.82) is 0 Å². The molecule has 0 aliphatic carbocycles. The van der Waals surface area contributed by atoms with Crippen LogP contribution in [-0.4, -0.2) is 22.9 Å². The Kier molecular flexibility index (Phi) is 3.67. The molecule has 1 heterocycles. The van der Waals surface area contributed by atoms with Gasteiger partial charge in [-0.15, -0.1) is 0 Å². The highest BCUT2D eigenvalue weighted by molar-refractivity contribution is 5.95. The van der Waals surface area contributed by atoms with Crippen molar-refractivity contribution in [2.24, 2.45) is 0 Å². The number of nitrogens with zero attached hydrogens (tertiary/aromatic N) is 2. The molecule has 0 unspecified atom stereocenters. The third-order valence-corrected chi connectivity index (χ3v) is 2.64. The van der Waals surface area contributed by atoms with Crippen LogP contribution in [0.15, 0.2) is 36.8 Å². The summed E-state index contributed by atoms with van der Waals surface area (Å²) in [4.78, 5) is 19.9. The highest BCUT2D eigenvalue weighted by Crippen LogP contribution is 2.21. The first-order valence-corrected chi connectivity index (χ1v) is 5.63.